The highest BCUT2D eigenvalue weighted by Gasteiger charge is 2.11. The molecule has 0 aliphatic rings. The van der Waals surface area contributed by atoms with Crippen molar-refractivity contribution in [3.63, 3.8) is 0 Å². The number of aromatic nitrogens is 2. The Bertz CT molecular complexity index is 675. The summed E-state index contributed by atoms with van der Waals surface area (Å²) in [7, 11) is 0. The van der Waals surface area contributed by atoms with Crippen LogP contribution in [0.3, 0.4) is 0 Å². The van der Waals surface area contributed by atoms with Crippen molar-refractivity contribution >= 4 is 23.6 Å². The van der Waals surface area contributed by atoms with Crippen molar-refractivity contribution in [3.8, 4) is 0 Å². The zero-order valence-corrected chi connectivity index (χ0v) is 10.1. The number of nitrogens with one attached hydrogen (secondary N) is 2. The molecule has 20 heavy (non-hydrogen) atoms. The maximum atomic E-state index is 11.8. The highest BCUT2D eigenvalue weighted by molar-refractivity contribution is 6.04. The second kappa shape index (κ2) is 5.22. The molecule has 0 saturated carbocycles. The Kier molecular flexibility index (Phi) is 3.47. The van der Waals surface area contributed by atoms with E-state index in [1.165, 1.54) is 30.3 Å². The van der Waals surface area contributed by atoms with E-state index in [0.717, 1.165) is 0 Å². The van der Waals surface area contributed by atoms with E-state index in [2.05, 4.69) is 15.5 Å². The van der Waals surface area contributed by atoms with E-state index in [-0.39, 0.29) is 22.6 Å². The van der Waals surface area contributed by atoms with Gasteiger partial charge >= 0.3 is 5.97 Å². The summed E-state index contributed by atoms with van der Waals surface area (Å²) in [4.78, 5) is 33.4. The van der Waals surface area contributed by atoms with Crippen LogP contribution in [0.15, 0.2) is 30.3 Å². The summed E-state index contributed by atoms with van der Waals surface area (Å²) >= 11 is 0. The second-order valence-electron chi connectivity index (χ2n) is 3.87. The van der Waals surface area contributed by atoms with Crippen molar-refractivity contribution in [3.05, 3.63) is 47.2 Å². The predicted octanol–water partition coefficient (Wildman–Crippen LogP) is 0.459. The third-order valence-electron chi connectivity index (χ3n) is 2.48. The lowest BCUT2D eigenvalue weighted by atomic mass is 10.1. The lowest BCUT2D eigenvalue weighted by molar-refractivity contribution is 0.0690. The number of rotatable bonds is 4. The van der Waals surface area contributed by atoms with Gasteiger partial charge in [0.1, 0.15) is 5.69 Å². The Morgan fingerprint density at radius 1 is 1.15 bits per heavy atom. The molecule has 8 nitrogen and oxygen atoms in total. The normalized spacial score (nSPS) is 10.0. The Labute approximate surface area is 112 Å². The number of aromatic carboxylic acids is 1. The predicted molar refractivity (Wildman–Crippen MR) is 68.5 cm³/mol. The van der Waals surface area contributed by atoms with Gasteiger partial charge in [-0.1, -0.05) is 0 Å². The van der Waals surface area contributed by atoms with Crippen LogP contribution in [0.1, 0.15) is 31.2 Å². The van der Waals surface area contributed by atoms with Gasteiger partial charge in [-0.25, -0.2) is 4.79 Å². The van der Waals surface area contributed by atoms with Crippen molar-refractivity contribution in [1.29, 1.82) is 0 Å². The molecule has 0 atom stereocenters. The van der Waals surface area contributed by atoms with Crippen LogP contribution in [-0.2, 0) is 0 Å². The van der Waals surface area contributed by atoms with E-state index in [1.807, 2.05) is 0 Å². The Hall–Kier alpha value is -3.16. The lowest BCUT2D eigenvalue weighted by Crippen LogP contribution is -2.14. The number of hydrogen-bond acceptors (Lipinski definition) is 4. The number of hydrogen-bond donors (Lipinski definition) is 4. The van der Waals surface area contributed by atoms with E-state index >= 15 is 0 Å². The molecule has 0 bridgehead atoms. The number of carboxylic acid groups (broad SMARTS) is 1. The first-order valence-electron chi connectivity index (χ1n) is 5.47. The van der Waals surface area contributed by atoms with E-state index in [4.69, 9.17) is 10.8 Å². The van der Waals surface area contributed by atoms with Crippen LogP contribution in [0.2, 0.25) is 0 Å². The molecule has 0 saturated heterocycles. The van der Waals surface area contributed by atoms with E-state index in [0.29, 0.717) is 0 Å². The number of aromatic amines is 1. The van der Waals surface area contributed by atoms with E-state index in [1.54, 1.807) is 0 Å². The van der Waals surface area contributed by atoms with Crippen molar-refractivity contribution in [2.75, 3.05) is 5.32 Å². The maximum absolute atomic E-state index is 11.8. The number of anilines is 1. The molecular weight excluding hydrogens is 264 g/mol. The number of carbonyl (C=O) groups is 3. The smallest absolute Gasteiger partial charge is 0.353 e. The average molecular weight is 274 g/mol. The number of primary amides is 1. The third-order valence-corrected chi connectivity index (χ3v) is 2.48. The minimum absolute atomic E-state index is 0.0892. The molecule has 0 aliphatic heterocycles. The Morgan fingerprint density at radius 3 is 2.25 bits per heavy atom. The van der Waals surface area contributed by atoms with Crippen molar-refractivity contribution in [2.24, 2.45) is 5.73 Å². The monoisotopic (exact) mass is 274 g/mol. The summed E-state index contributed by atoms with van der Waals surface area (Å²) < 4.78 is 0. The number of carbonyl (C=O) groups excluding carboxylic acids is 2. The lowest BCUT2D eigenvalue weighted by Gasteiger charge is -2.02. The van der Waals surface area contributed by atoms with Gasteiger partial charge in [-0.3, -0.25) is 14.7 Å². The first kappa shape index (κ1) is 13.3. The third kappa shape index (κ3) is 2.80. The zero-order valence-electron chi connectivity index (χ0n) is 10.1. The summed E-state index contributed by atoms with van der Waals surface area (Å²) in [5, 5.41) is 17.0. The van der Waals surface area contributed by atoms with Gasteiger partial charge in [0, 0.05) is 17.2 Å². The quantitative estimate of drug-likeness (QED) is 0.641. The summed E-state index contributed by atoms with van der Waals surface area (Å²) in [6, 6.07) is 6.90. The summed E-state index contributed by atoms with van der Waals surface area (Å²) in [5.41, 5.74) is 5.52. The maximum Gasteiger partial charge on any atom is 0.353 e. The summed E-state index contributed by atoms with van der Waals surface area (Å²) in [6.45, 7) is 0. The minimum Gasteiger partial charge on any atom is -0.477 e. The molecule has 1 heterocycles. The fourth-order valence-electron chi connectivity index (χ4n) is 1.47. The molecule has 8 heteroatoms. The molecule has 0 fully saturated rings. The highest BCUT2D eigenvalue weighted by Crippen LogP contribution is 2.09. The largest absolute Gasteiger partial charge is 0.477 e. The van der Waals surface area contributed by atoms with Crippen molar-refractivity contribution < 1.29 is 19.5 Å². The van der Waals surface area contributed by atoms with Gasteiger partial charge in [0.15, 0.2) is 5.82 Å². The number of benzene rings is 1. The number of H-pyrrole nitrogens is 1. The van der Waals surface area contributed by atoms with Gasteiger partial charge in [0.05, 0.1) is 0 Å². The fraction of sp³-hybridized carbons (Fsp3) is 0. The molecule has 0 radical (unpaired) electrons. The molecule has 2 rings (SSSR count). The molecule has 0 unspecified atom stereocenters. The van der Waals surface area contributed by atoms with Crippen molar-refractivity contribution in [1.82, 2.24) is 10.2 Å². The molecule has 0 aliphatic carbocycles. The van der Waals surface area contributed by atoms with E-state index < -0.39 is 17.8 Å². The van der Waals surface area contributed by atoms with Crippen LogP contribution in [0, 0.1) is 0 Å². The molecule has 1 aromatic heterocycles. The molecule has 5 N–H and O–H groups in total. The van der Waals surface area contributed by atoms with Gasteiger partial charge in [-0.2, -0.15) is 5.10 Å². The summed E-state index contributed by atoms with van der Waals surface area (Å²) in [5.74, 6) is -2.16. The van der Waals surface area contributed by atoms with E-state index in [9.17, 15) is 14.4 Å². The van der Waals surface area contributed by atoms with Crippen LogP contribution in [0.25, 0.3) is 0 Å². The van der Waals surface area contributed by atoms with Gasteiger partial charge in [-0.15, -0.1) is 0 Å². The number of nitrogens with zero attached hydrogens (tertiary/aromatic N) is 1. The summed E-state index contributed by atoms with van der Waals surface area (Å²) in [6.07, 6.45) is 0. The molecule has 1 aromatic carbocycles. The Balaban J connectivity index is 2.11. The van der Waals surface area contributed by atoms with Crippen LogP contribution in [-0.4, -0.2) is 33.1 Å². The average Bonchev–Trinajstić information content (AvgIpc) is 2.87. The molecule has 2 amide bonds. The topological polar surface area (TPSA) is 138 Å². The van der Waals surface area contributed by atoms with Crippen LogP contribution in [0.4, 0.5) is 5.82 Å². The number of nitrogens with two attached hydrogens (primary N) is 1. The number of carboxylic acids is 1. The highest BCUT2D eigenvalue weighted by atomic mass is 16.4. The first-order chi connectivity index (χ1) is 9.47. The van der Waals surface area contributed by atoms with Gasteiger partial charge in [0.2, 0.25) is 5.91 Å². The van der Waals surface area contributed by atoms with Crippen molar-refractivity contribution in [2.45, 2.75) is 0 Å². The van der Waals surface area contributed by atoms with Crippen LogP contribution in [0.5, 0.6) is 0 Å². The van der Waals surface area contributed by atoms with Gasteiger partial charge < -0.3 is 16.2 Å². The molecule has 0 spiro atoms. The SMILES string of the molecule is NC(=O)c1ccc(C(=O)Nc2cc(C(=O)O)[nH]n2)cc1. The van der Waals surface area contributed by atoms with Gasteiger partial charge in [-0.05, 0) is 24.3 Å². The van der Waals surface area contributed by atoms with Gasteiger partial charge in [0.25, 0.3) is 5.91 Å². The Morgan fingerprint density at radius 2 is 1.75 bits per heavy atom. The fourth-order valence-corrected chi connectivity index (χ4v) is 1.47. The standard InChI is InChI=1S/C12H10N4O4/c13-10(17)6-1-3-7(4-2-6)11(18)14-9-5-8(12(19)20)15-16-9/h1-5H,(H2,13,17)(H,19,20)(H2,14,15,16,18). The molecular formula is C12H10N4O4. The zero-order chi connectivity index (χ0) is 14.7. The molecule has 102 valence electrons. The first-order valence-corrected chi connectivity index (χ1v) is 5.47. The number of amides is 2. The van der Waals surface area contributed by atoms with Crippen LogP contribution < -0.4 is 11.1 Å². The van der Waals surface area contributed by atoms with Crippen LogP contribution >= 0.6 is 0 Å². The molecule has 2 aromatic rings. The second-order valence-corrected chi connectivity index (χ2v) is 3.87. The minimum atomic E-state index is -1.18.